The highest BCUT2D eigenvalue weighted by Gasteiger charge is 2.41. The zero-order chi connectivity index (χ0) is 17.2. The number of carbonyl (C=O) groups excluding carboxylic acids is 1. The standard InChI is InChI=1S/C20H28FNO2/c1-19(9-5-2-6-10-19)18(23)22-13-11-20(24,12-14-22)15-16-7-3-4-8-17(16)21/h3-4,7-8,24H,2,5-6,9-15H2,1H3. The van der Waals surface area contributed by atoms with E-state index in [2.05, 4.69) is 6.92 Å². The number of hydrogen-bond donors (Lipinski definition) is 1. The molecule has 1 amide bonds. The van der Waals surface area contributed by atoms with Crippen molar-refractivity contribution in [3.8, 4) is 0 Å². The van der Waals surface area contributed by atoms with Gasteiger partial charge in [0.05, 0.1) is 5.60 Å². The fraction of sp³-hybridized carbons (Fsp3) is 0.650. The molecule has 4 heteroatoms. The third-order valence-electron chi connectivity index (χ3n) is 5.93. The molecule has 0 atom stereocenters. The van der Waals surface area contributed by atoms with Crippen molar-refractivity contribution in [2.24, 2.45) is 5.41 Å². The number of carbonyl (C=O) groups is 1. The first kappa shape index (κ1) is 17.4. The summed E-state index contributed by atoms with van der Waals surface area (Å²) in [6.45, 7) is 3.23. The Morgan fingerprint density at radius 1 is 1.12 bits per heavy atom. The van der Waals surface area contributed by atoms with E-state index in [4.69, 9.17) is 0 Å². The van der Waals surface area contributed by atoms with Crippen LogP contribution >= 0.6 is 0 Å². The maximum Gasteiger partial charge on any atom is 0.228 e. The zero-order valence-electron chi connectivity index (χ0n) is 14.6. The first-order valence-electron chi connectivity index (χ1n) is 9.17. The lowest BCUT2D eigenvalue weighted by atomic mass is 9.74. The van der Waals surface area contributed by atoms with E-state index in [0.717, 1.165) is 25.7 Å². The first-order chi connectivity index (χ1) is 11.4. The van der Waals surface area contributed by atoms with E-state index in [1.807, 2.05) is 4.90 Å². The molecule has 3 rings (SSSR count). The van der Waals surface area contributed by atoms with Crippen molar-refractivity contribution in [2.45, 2.75) is 63.9 Å². The number of piperidine rings is 1. The van der Waals surface area contributed by atoms with Gasteiger partial charge in [0.15, 0.2) is 0 Å². The lowest BCUT2D eigenvalue weighted by Gasteiger charge is -2.43. The molecule has 0 spiro atoms. The van der Waals surface area contributed by atoms with E-state index in [-0.39, 0.29) is 17.1 Å². The van der Waals surface area contributed by atoms with Crippen molar-refractivity contribution in [3.05, 3.63) is 35.6 Å². The van der Waals surface area contributed by atoms with Crippen molar-refractivity contribution in [2.75, 3.05) is 13.1 Å². The van der Waals surface area contributed by atoms with E-state index in [1.54, 1.807) is 18.2 Å². The molecule has 2 fully saturated rings. The second kappa shape index (κ2) is 6.83. The average Bonchev–Trinajstić information content (AvgIpc) is 2.58. The molecule has 1 heterocycles. The van der Waals surface area contributed by atoms with Gasteiger partial charge in [-0.25, -0.2) is 4.39 Å². The normalized spacial score (nSPS) is 23.0. The smallest absolute Gasteiger partial charge is 0.228 e. The van der Waals surface area contributed by atoms with Crippen molar-refractivity contribution in [1.82, 2.24) is 4.90 Å². The summed E-state index contributed by atoms with van der Waals surface area (Å²) in [6.07, 6.45) is 6.79. The zero-order valence-corrected chi connectivity index (χ0v) is 14.6. The maximum absolute atomic E-state index is 13.8. The third kappa shape index (κ3) is 3.64. The van der Waals surface area contributed by atoms with Crippen molar-refractivity contribution < 1.29 is 14.3 Å². The summed E-state index contributed by atoms with van der Waals surface area (Å²) < 4.78 is 13.8. The molecule has 1 aliphatic heterocycles. The minimum absolute atomic E-state index is 0.223. The highest BCUT2D eigenvalue weighted by Crippen LogP contribution is 2.39. The molecule has 1 aliphatic carbocycles. The Balaban J connectivity index is 1.60. The second-order valence-electron chi connectivity index (χ2n) is 7.91. The highest BCUT2D eigenvalue weighted by atomic mass is 19.1. The lowest BCUT2D eigenvalue weighted by molar-refractivity contribution is -0.147. The number of halogens is 1. The number of aliphatic hydroxyl groups is 1. The van der Waals surface area contributed by atoms with Crippen LogP contribution < -0.4 is 0 Å². The summed E-state index contributed by atoms with van der Waals surface area (Å²) in [6, 6.07) is 6.62. The minimum Gasteiger partial charge on any atom is -0.389 e. The van der Waals surface area contributed by atoms with Gasteiger partial charge in [0.2, 0.25) is 5.91 Å². The molecule has 0 unspecified atom stereocenters. The summed E-state index contributed by atoms with van der Waals surface area (Å²) in [7, 11) is 0. The Hall–Kier alpha value is -1.42. The van der Waals surface area contributed by atoms with Crippen molar-refractivity contribution in [3.63, 3.8) is 0 Å². The van der Waals surface area contributed by atoms with Gasteiger partial charge in [-0.15, -0.1) is 0 Å². The van der Waals surface area contributed by atoms with Crippen LogP contribution in [0.4, 0.5) is 4.39 Å². The SMILES string of the molecule is CC1(C(=O)N2CCC(O)(Cc3ccccc3F)CC2)CCCCC1. The number of likely N-dealkylation sites (tertiary alicyclic amines) is 1. The molecule has 24 heavy (non-hydrogen) atoms. The van der Waals surface area contributed by atoms with Crippen LogP contribution in [-0.2, 0) is 11.2 Å². The van der Waals surface area contributed by atoms with Crippen LogP contribution in [0.3, 0.4) is 0 Å². The van der Waals surface area contributed by atoms with Gasteiger partial charge >= 0.3 is 0 Å². The molecule has 2 aliphatic rings. The van der Waals surface area contributed by atoms with Gasteiger partial charge in [-0.2, -0.15) is 0 Å². The maximum atomic E-state index is 13.8. The fourth-order valence-corrected chi connectivity index (χ4v) is 4.23. The fourth-order valence-electron chi connectivity index (χ4n) is 4.23. The molecule has 1 saturated carbocycles. The Labute approximate surface area is 143 Å². The van der Waals surface area contributed by atoms with E-state index < -0.39 is 5.60 Å². The highest BCUT2D eigenvalue weighted by molar-refractivity contribution is 5.82. The molecule has 1 aromatic carbocycles. The van der Waals surface area contributed by atoms with Gasteiger partial charge in [-0.1, -0.05) is 44.4 Å². The molecule has 0 aromatic heterocycles. The number of nitrogens with zero attached hydrogens (tertiary/aromatic N) is 1. The van der Waals surface area contributed by atoms with Crippen LogP contribution in [0.15, 0.2) is 24.3 Å². The summed E-state index contributed by atoms with van der Waals surface area (Å²) in [5.41, 5.74) is -0.579. The number of rotatable bonds is 3. The van der Waals surface area contributed by atoms with E-state index in [0.29, 0.717) is 37.9 Å². The predicted molar refractivity (Wildman–Crippen MR) is 92.1 cm³/mol. The van der Waals surface area contributed by atoms with E-state index in [1.165, 1.54) is 12.5 Å². The lowest BCUT2D eigenvalue weighted by Crippen LogP contribution is -2.52. The topological polar surface area (TPSA) is 40.5 Å². The van der Waals surface area contributed by atoms with E-state index in [9.17, 15) is 14.3 Å². The number of hydrogen-bond acceptors (Lipinski definition) is 2. The van der Waals surface area contributed by atoms with Crippen molar-refractivity contribution in [1.29, 1.82) is 0 Å². The largest absolute Gasteiger partial charge is 0.389 e. The second-order valence-corrected chi connectivity index (χ2v) is 7.91. The Kier molecular flexibility index (Phi) is 4.95. The van der Waals surface area contributed by atoms with Crippen LogP contribution in [-0.4, -0.2) is 34.6 Å². The summed E-state index contributed by atoms with van der Waals surface area (Å²) in [4.78, 5) is 14.8. The van der Waals surface area contributed by atoms with Crippen LogP contribution in [0.5, 0.6) is 0 Å². The number of amides is 1. The Morgan fingerprint density at radius 2 is 1.75 bits per heavy atom. The average molecular weight is 333 g/mol. The molecule has 3 nitrogen and oxygen atoms in total. The predicted octanol–water partition coefficient (Wildman–Crippen LogP) is 3.69. The van der Waals surface area contributed by atoms with Gasteiger partial charge in [0, 0.05) is 24.9 Å². The van der Waals surface area contributed by atoms with E-state index >= 15 is 0 Å². The van der Waals surface area contributed by atoms with Crippen LogP contribution in [0.2, 0.25) is 0 Å². The molecule has 132 valence electrons. The molecule has 0 bridgehead atoms. The third-order valence-corrected chi connectivity index (χ3v) is 5.93. The van der Waals surface area contributed by atoms with Crippen LogP contribution in [0, 0.1) is 11.2 Å². The van der Waals surface area contributed by atoms with Crippen LogP contribution in [0.25, 0.3) is 0 Å². The molecule has 1 saturated heterocycles. The monoisotopic (exact) mass is 333 g/mol. The van der Waals surface area contributed by atoms with Crippen LogP contribution in [0.1, 0.15) is 57.4 Å². The molecular formula is C20H28FNO2. The summed E-state index contributed by atoms with van der Waals surface area (Å²) >= 11 is 0. The Morgan fingerprint density at radius 3 is 2.38 bits per heavy atom. The van der Waals surface area contributed by atoms with Gasteiger partial charge in [-0.05, 0) is 37.3 Å². The Bertz CT molecular complexity index is 587. The first-order valence-corrected chi connectivity index (χ1v) is 9.17. The molecule has 1 aromatic rings. The van der Waals surface area contributed by atoms with Crippen molar-refractivity contribution >= 4 is 5.91 Å². The molecular weight excluding hydrogens is 305 g/mol. The number of benzene rings is 1. The summed E-state index contributed by atoms with van der Waals surface area (Å²) in [5.74, 6) is -0.0192. The quantitative estimate of drug-likeness (QED) is 0.916. The summed E-state index contributed by atoms with van der Waals surface area (Å²) in [5, 5.41) is 10.8. The van der Waals surface area contributed by atoms with Gasteiger partial charge in [-0.3, -0.25) is 4.79 Å². The molecule has 1 N–H and O–H groups in total. The minimum atomic E-state index is -0.910. The van der Waals surface area contributed by atoms with Gasteiger partial charge in [0.1, 0.15) is 5.82 Å². The molecule has 0 radical (unpaired) electrons. The van der Waals surface area contributed by atoms with Gasteiger partial charge in [0.25, 0.3) is 0 Å². The van der Waals surface area contributed by atoms with Gasteiger partial charge < -0.3 is 10.0 Å².